The molecule has 0 unspecified atom stereocenters. The normalized spacial score (nSPS) is 18.7. The van der Waals surface area contributed by atoms with Crippen molar-refractivity contribution in [2.75, 3.05) is 6.54 Å². The number of rotatable bonds is 5. The number of hydrogen-bond acceptors (Lipinski definition) is 4. The Hall–Kier alpha value is -2.21. The van der Waals surface area contributed by atoms with E-state index in [0.717, 1.165) is 31.6 Å². The quantitative estimate of drug-likeness (QED) is 0.629. The van der Waals surface area contributed by atoms with Gasteiger partial charge in [-0.2, -0.15) is 0 Å². The maximum Gasteiger partial charge on any atom is 0.272 e. The van der Waals surface area contributed by atoms with Crippen LogP contribution in [-0.4, -0.2) is 32.0 Å². The molecule has 0 amide bonds. The third-order valence-electron chi connectivity index (χ3n) is 4.34. The Morgan fingerprint density at radius 1 is 1.45 bits per heavy atom. The number of benzene rings is 1. The average Bonchev–Trinajstić information content (AvgIpc) is 3.14. The van der Waals surface area contributed by atoms with Gasteiger partial charge in [0.15, 0.2) is 0 Å². The predicted molar refractivity (Wildman–Crippen MR) is 83.5 cm³/mol. The highest BCUT2D eigenvalue weighted by atomic mass is 16.6. The Bertz CT molecular complexity index is 654. The van der Waals surface area contributed by atoms with Gasteiger partial charge in [0.25, 0.3) is 5.69 Å². The maximum absolute atomic E-state index is 11.1. The van der Waals surface area contributed by atoms with Gasteiger partial charge in [0.05, 0.1) is 11.3 Å². The first-order valence-corrected chi connectivity index (χ1v) is 7.57. The van der Waals surface area contributed by atoms with Gasteiger partial charge in [-0.15, -0.1) is 0 Å². The van der Waals surface area contributed by atoms with E-state index in [-0.39, 0.29) is 10.6 Å². The number of nitro groups is 1. The van der Waals surface area contributed by atoms with E-state index in [1.807, 2.05) is 24.7 Å². The van der Waals surface area contributed by atoms with Crippen LogP contribution in [-0.2, 0) is 13.1 Å². The summed E-state index contributed by atoms with van der Waals surface area (Å²) < 4.78 is 2.10. The number of likely N-dealkylation sites (tertiary alicyclic amines) is 1. The van der Waals surface area contributed by atoms with Gasteiger partial charge in [-0.1, -0.05) is 12.1 Å². The SMILES string of the molecule is Cc1ccc(CN2CCC[C@@H]2Cn2ccnc2)cc1[N+](=O)[O-]. The molecule has 116 valence electrons. The number of nitrogens with zero attached hydrogens (tertiary/aromatic N) is 4. The highest BCUT2D eigenvalue weighted by molar-refractivity contribution is 5.42. The topological polar surface area (TPSA) is 64.2 Å². The molecule has 0 bridgehead atoms. The van der Waals surface area contributed by atoms with Crippen molar-refractivity contribution in [1.82, 2.24) is 14.5 Å². The monoisotopic (exact) mass is 300 g/mol. The molecule has 1 aromatic heterocycles. The van der Waals surface area contributed by atoms with E-state index in [2.05, 4.69) is 14.5 Å². The number of aryl methyl sites for hydroxylation is 1. The van der Waals surface area contributed by atoms with Crippen LogP contribution in [0.1, 0.15) is 24.0 Å². The first-order valence-electron chi connectivity index (χ1n) is 7.57. The van der Waals surface area contributed by atoms with E-state index in [1.165, 1.54) is 6.42 Å². The maximum atomic E-state index is 11.1. The summed E-state index contributed by atoms with van der Waals surface area (Å²) in [5.74, 6) is 0. The average molecular weight is 300 g/mol. The van der Waals surface area contributed by atoms with Crippen LogP contribution >= 0.6 is 0 Å². The summed E-state index contributed by atoms with van der Waals surface area (Å²) in [7, 11) is 0. The van der Waals surface area contributed by atoms with Crippen LogP contribution in [0.15, 0.2) is 36.9 Å². The second-order valence-corrected chi connectivity index (χ2v) is 5.90. The van der Waals surface area contributed by atoms with Crippen molar-refractivity contribution in [3.05, 3.63) is 58.2 Å². The van der Waals surface area contributed by atoms with Crippen molar-refractivity contribution in [1.29, 1.82) is 0 Å². The lowest BCUT2D eigenvalue weighted by Gasteiger charge is -2.24. The zero-order chi connectivity index (χ0) is 15.5. The molecule has 6 nitrogen and oxygen atoms in total. The summed E-state index contributed by atoms with van der Waals surface area (Å²) in [5, 5.41) is 11.1. The highest BCUT2D eigenvalue weighted by Crippen LogP contribution is 2.24. The minimum Gasteiger partial charge on any atom is -0.336 e. The summed E-state index contributed by atoms with van der Waals surface area (Å²) >= 11 is 0. The minimum atomic E-state index is -0.300. The van der Waals surface area contributed by atoms with E-state index >= 15 is 0 Å². The van der Waals surface area contributed by atoms with Crippen molar-refractivity contribution >= 4 is 5.69 Å². The predicted octanol–water partition coefficient (Wildman–Crippen LogP) is 2.76. The van der Waals surface area contributed by atoms with Gasteiger partial charge >= 0.3 is 0 Å². The van der Waals surface area contributed by atoms with Crippen LogP contribution in [0.2, 0.25) is 0 Å². The molecule has 0 radical (unpaired) electrons. The zero-order valence-corrected chi connectivity index (χ0v) is 12.7. The van der Waals surface area contributed by atoms with Crippen LogP contribution in [0.5, 0.6) is 0 Å². The first kappa shape index (κ1) is 14.7. The van der Waals surface area contributed by atoms with Crippen molar-refractivity contribution in [2.45, 2.75) is 38.9 Å². The van der Waals surface area contributed by atoms with Crippen molar-refractivity contribution in [2.24, 2.45) is 0 Å². The molecule has 1 aliphatic rings. The summed E-state index contributed by atoms with van der Waals surface area (Å²) in [4.78, 5) is 17.3. The van der Waals surface area contributed by atoms with E-state index in [1.54, 1.807) is 19.2 Å². The largest absolute Gasteiger partial charge is 0.336 e. The van der Waals surface area contributed by atoms with Crippen LogP contribution in [0.4, 0.5) is 5.69 Å². The fourth-order valence-corrected chi connectivity index (χ4v) is 3.13. The Labute approximate surface area is 129 Å². The van der Waals surface area contributed by atoms with Gasteiger partial charge in [0.2, 0.25) is 0 Å². The number of imidazole rings is 1. The van der Waals surface area contributed by atoms with Gasteiger partial charge in [-0.25, -0.2) is 4.98 Å². The van der Waals surface area contributed by atoms with E-state index in [4.69, 9.17) is 0 Å². The van der Waals surface area contributed by atoms with Crippen molar-refractivity contribution in [3.63, 3.8) is 0 Å². The van der Waals surface area contributed by atoms with Gasteiger partial charge in [-0.05, 0) is 31.9 Å². The smallest absolute Gasteiger partial charge is 0.272 e. The molecule has 0 saturated carbocycles. The molecule has 1 fully saturated rings. The molecule has 6 heteroatoms. The van der Waals surface area contributed by atoms with Gasteiger partial charge < -0.3 is 4.57 Å². The lowest BCUT2D eigenvalue weighted by Crippen LogP contribution is -2.32. The molecule has 1 aromatic carbocycles. The summed E-state index contributed by atoms with van der Waals surface area (Å²) in [6.07, 6.45) is 7.95. The fraction of sp³-hybridized carbons (Fsp3) is 0.438. The molecule has 1 aliphatic heterocycles. The highest BCUT2D eigenvalue weighted by Gasteiger charge is 2.25. The van der Waals surface area contributed by atoms with Gasteiger partial charge in [-0.3, -0.25) is 15.0 Å². The van der Waals surface area contributed by atoms with E-state index < -0.39 is 0 Å². The molecule has 0 N–H and O–H groups in total. The zero-order valence-electron chi connectivity index (χ0n) is 12.7. The molecular weight excluding hydrogens is 280 g/mol. The molecule has 2 heterocycles. The molecule has 1 atom stereocenters. The minimum absolute atomic E-state index is 0.211. The van der Waals surface area contributed by atoms with E-state index in [9.17, 15) is 10.1 Å². The Balaban J connectivity index is 1.71. The number of hydrogen-bond donors (Lipinski definition) is 0. The molecule has 2 aromatic rings. The lowest BCUT2D eigenvalue weighted by atomic mass is 10.1. The lowest BCUT2D eigenvalue weighted by molar-refractivity contribution is -0.385. The number of nitro benzene ring substituents is 1. The molecule has 1 saturated heterocycles. The third kappa shape index (κ3) is 3.17. The molecule has 22 heavy (non-hydrogen) atoms. The van der Waals surface area contributed by atoms with E-state index in [0.29, 0.717) is 11.6 Å². The number of aromatic nitrogens is 2. The van der Waals surface area contributed by atoms with Gasteiger partial charge in [0.1, 0.15) is 0 Å². The second kappa shape index (κ2) is 6.27. The summed E-state index contributed by atoms with van der Waals surface area (Å²) in [6, 6.07) is 6.01. The van der Waals surface area contributed by atoms with Crippen molar-refractivity contribution < 1.29 is 4.92 Å². The second-order valence-electron chi connectivity index (χ2n) is 5.90. The molecule has 0 aliphatic carbocycles. The van der Waals surface area contributed by atoms with Crippen LogP contribution in [0.3, 0.4) is 0 Å². The van der Waals surface area contributed by atoms with Crippen LogP contribution in [0, 0.1) is 17.0 Å². The molecule has 3 rings (SSSR count). The first-order chi connectivity index (χ1) is 10.6. The molecular formula is C16H20N4O2. The molecule has 0 spiro atoms. The van der Waals surface area contributed by atoms with Crippen molar-refractivity contribution in [3.8, 4) is 0 Å². The Morgan fingerprint density at radius 2 is 2.32 bits per heavy atom. The summed E-state index contributed by atoms with van der Waals surface area (Å²) in [5.41, 5.74) is 1.93. The third-order valence-corrected chi connectivity index (χ3v) is 4.34. The van der Waals surface area contributed by atoms with Gasteiger partial charge in [0, 0.05) is 43.2 Å². The summed E-state index contributed by atoms with van der Waals surface area (Å²) in [6.45, 7) is 4.51. The Morgan fingerprint density at radius 3 is 3.05 bits per heavy atom. The fourth-order valence-electron chi connectivity index (χ4n) is 3.13. The van der Waals surface area contributed by atoms with Crippen LogP contribution < -0.4 is 0 Å². The standard InChI is InChI=1S/C16H20N4O2/c1-13-4-5-14(9-16(13)20(21)22)10-19-7-2-3-15(19)11-18-8-6-17-12-18/h4-6,8-9,12,15H,2-3,7,10-11H2,1H3/t15-/m1/s1. The van der Waals surface area contributed by atoms with Crippen LogP contribution in [0.25, 0.3) is 0 Å². The Kier molecular flexibility index (Phi) is 4.20.